The van der Waals surface area contributed by atoms with E-state index in [2.05, 4.69) is 10.4 Å². The smallest absolute Gasteiger partial charge is 0.435 e. The second kappa shape index (κ2) is 15.2. The van der Waals surface area contributed by atoms with E-state index in [4.69, 9.17) is 9.57 Å². The third kappa shape index (κ3) is 8.27. The number of aryl methyl sites for hydroxylation is 1. The lowest BCUT2D eigenvalue weighted by Crippen LogP contribution is -2.53. The first-order valence-electron chi connectivity index (χ1n) is 16.7. The molecule has 2 aliphatic heterocycles. The highest BCUT2D eigenvalue weighted by molar-refractivity contribution is 7.90. The second-order valence-corrected chi connectivity index (χ2v) is 14.2. The zero-order valence-electron chi connectivity index (χ0n) is 29.1. The van der Waals surface area contributed by atoms with Gasteiger partial charge in [-0.2, -0.15) is 18.3 Å². The standard InChI is InChI=1S/C35H32F3N7O9S/c1-21-7-9-23(10-8-21)29-19-30(35(36,37)38)39-44(29)24-11-13-26(14-12-24)55(51,52)40-31(46)15-16-32(47)53-20-25-17-18-42(25)45(50)41-54-22(2)43-33(48)27-5-3-4-6-28(27)34(43)49/h3-14,19,22,25H,15-18,20H2,1-2H3,(H,40,46)/b45-41+/t22?,25-/m0/s1. The largest absolute Gasteiger partial charge is 0.569 e. The lowest BCUT2D eigenvalue weighted by molar-refractivity contribution is -0.733. The van der Waals surface area contributed by atoms with Crippen LogP contribution in [0.5, 0.6) is 0 Å². The van der Waals surface area contributed by atoms with Gasteiger partial charge in [0.05, 0.1) is 45.3 Å². The highest BCUT2D eigenvalue weighted by atomic mass is 32.2. The van der Waals surface area contributed by atoms with Gasteiger partial charge in [0.1, 0.15) is 12.6 Å². The summed E-state index contributed by atoms with van der Waals surface area (Å²) in [6, 6.07) is 17.9. The molecule has 2 atom stereocenters. The summed E-state index contributed by atoms with van der Waals surface area (Å²) in [4.78, 5) is 55.7. The summed E-state index contributed by atoms with van der Waals surface area (Å²) in [5.41, 5.74) is 0.845. The number of hydrazine groups is 1. The number of hydrogen-bond donors (Lipinski definition) is 1. The predicted octanol–water partition coefficient (Wildman–Crippen LogP) is 4.52. The topological polar surface area (TPSA) is 196 Å². The number of imide groups is 1. The van der Waals surface area contributed by atoms with Crippen LogP contribution in [0.3, 0.4) is 0 Å². The summed E-state index contributed by atoms with van der Waals surface area (Å²) in [7, 11) is -4.44. The Morgan fingerprint density at radius 1 is 1.02 bits per heavy atom. The normalized spacial score (nSPS) is 16.4. The molecule has 0 spiro atoms. The minimum atomic E-state index is -4.73. The average Bonchev–Trinajstić information content (AvgIpc) is 3.69. The number of rotatable bonds is 13. The molecule has 0 radical (unpaired) electrons. The number of carbonyl (C=O) groups is 4. The van der Waals surface area contributed by atoms with E-state index >= 15 is 0 Å². The molecule has 1 unspecified atom stereocenters. The Hall–Kier alpha value is -6.31. The van der Waals surface area contributed by atoms with E-state index in [1.165, 1.54) is 31.2 Å². The van der Waals surface area contributed by atoms with Crippen LogP contribution in [0.1, 0.15) is 58.2 Å². The van der Waals surface area contributed by atoms with Crippen molar-refractivity contribution in [2.45, 2.75) is 56.5 Å². The SMILES string of the molecule is Cc1ccc(-c2cc(C(F)(F)F)nn2-c2ccc(S(=O)(=O)NC(=O)CCC(=O)OC[C@@H]3CCN3/[N+]([O-])=N\OC(C)N3C(=O)c4ccccc4C3=O)cc2)cc1. The molecule has 288 valence electrons. The van der Waals surface area contributed by atoms with Crippen molar-refractivity contribution >= 4 is 33.7 Å². The van der Waals surface area contributed by atoms with Gasteiger partial charge in [-0.25, -0.2) is 22.7 Å². The molecule has 3 amide bonds. The molecule has 0 bridgehead atoms. The van der Waals surface area contributed by atoms with Gasteiger partial charge < -0.3 is 14.8 Å². The van der Waals surface area contributed by atoms with Crippen molar-refractivity contribution in [1.29, 1.82) is 0 Å². The van der Waals surface area contributed by atoms with E-state index < -0.39 is 70.7 Å². The molecule has 3 aromatic carbocycles. The van der Waals surface area contributed by atoms with Gasteiger partial charge >= 0.3 is 12.1 Å². The molecule has 1 N–H and O–H groups in total. The number of hydrogen-bond acceptors (Lipinski definition) is 11. The number of nitrogens with zero attached hydrogens (tertiary/aromatic N) is 6. The van der Waals surface area contributed by atoms with Crippen LogP contribution in [0, 0.1) is 12.1 Å². The first kappa shape index (κ1) is 38.4. The fraction of sp³-hybridized carbons (Fsp3) is 0.286. The van der Waals surface area contributed by atoms with Crippen molar-refractivity contribution in [3.8, 4) is 16.9 Å². The molecular formula is C35H32F3N7O9S. The molecule has 1 saturated heterocycles. The number of ether oxygens (including phenoxy) is 1. The number of esters is 1. The molecule has 4 aromatic rings. The number of sulfonamides is 1. The van der Waals surface area contributed by atoms with E-state index in [0.29, 0.717) is 12.0 Å². The van der Waals surface area contributed by atoms with Crippen LogP contribution in [0.25, 0.3) is 16.9 Å². The molecular weight excluding hydrogens is 751 g/mol. The van der Waals surface area contributed by atoms with Gasteiger partial charge in [0.15, 0.2) is 5.69 Å². The van der Waals surface area contributed by atoms with Crippen LogP contribution in [0.15, 0.2) is 89.0 Å². The van der Waals surface area contributed by atoms with Crippen molar-refractivity contribution in [3.05, 3.63) is 106 Å². The Morgan fingerprint density at radius 3 is 2.24 bits per heavy atom. The number of nitrogens with one attached hydrogen (secondary N) is 1. The Kier molecular flexibility index (Phi) is 10.6. The van der Waals surface area contributed by atoms with E-state index in [0.717, 1.165) is 38.4 Å². The van der Waals surface area contributed by atoms with Gasteiger partial charge in [-0.3, -0.25) is 19.2 Å². The molecule has 0 aliphatic carbocycles. The van der Waals surface area contributed by atoms with E-state index in [1.54, 1.807) is 36.4 Å². The number of alkyl halides is 3. The maximum Gasteiger partial charge on any atom is 0.435 e. The average molecular weight is 784 g/mol. The maximum absolute atomic E-state index is 13.5. The quantitative estimate of drug-likeness (QED) is 0.0659. The Morgan fingerprint density at radius 2 is 1.65 bits per heavy atom. The van der Waals surface area contributed by atoms with Crippen molar-refractivity contribution in [1.82, 2.24) is 24.4 Å². The van der Waals surface area contributed by atoms with Crippen molar-refractivity contribution < 1.29 is 55.3 Å². The fourth-order valence-corrected chi connectivity index (χ4v) is 6.73. The van der Waals surface area contributed by atoms with Gasteiger partial charge in [0, 0.05) is 12.0 Å². The van der Waals surface area contributed by atoms with Crippen LogP contribution in [-0.2, 0) is 35.4 Å². The Balaban J connectivity index is 0.978. The molecule has 1 fully saturated rings. The molecule has 0 saturated carbocycles. The number of fused-ring (bicyclic) bond motifs is 1. The summed E-state index contributed by atoms with van der Waals surface area (Å²) in [6.07, 6.45) is -6.57. The van der Waals surface area contributed by atoms with Crippen LogP contribution in [0.4, 0.5) is 13.2 Å². The molecule has 55 heavy (non-hydrogen) atoms. The lowest BCUT2D eigenvalue weighted by Gasteiger charge is -2.35. The summed E-state index contributed by atoms with van der Waals surface area (Å²) in [6.45, 7) is 3.16. The first-order chi connectivity index (χ1) is 26.0. The summed E-state index contributed by atoms with van der Waals surface area (Å²) < 4.78 is 74.5. The van der Waals surface area contributed by atoms with E-state index in [-0.39, 0.29) is 45.5 Å². The Labute approximate surface area is 311 Å². The van der Waals surface area contributed by atoms with Gasteiger partial charge in [-0.15, -0.1) is 5.01 Å². The zero-order valence-corrected chi connectivity index (χ0v) is 29.9. The molecule has 16 nitrogen and oxygen atoms in total. The molecule has 1 aromatic heterocycles. The number of halogens is 3. The highest BCUT2D eigenvalue weighted by Gasteiger charge is 2.41. The Bertz CT molecular complexity index is 2240. The first-order valence-corrected chi connectivity index (χ1v) is 18.2. The molecule has 6 rings (SSSR count). The third-order valence-corrected chi connectivity index (χ3v) is 10.2. The highest BCUT2D eigenvalue weighted by Crippen LogP contribution is 2.33. The van der Waals surface area contributed by atoms with Gasteiger partial charge in [0.2, 0.25) is 17.4 Å². The third-order valence-electron chi connectivity index (χ3n) is 8.77. The number of carbonyl (C=O) groups excluding carboxylic acids is 4. The minimum Gasteiger partial charge on any atom is -0.569 e. The molecule has 20 heteroatoms. The second-order valence-electron chi connectivity index (χ2n) is 12.6. The summed E-state index contributed by atoms with van der Waals surface area (Å²) in [5, 5.41) is 20.8. The van der Waals surface area contributed by atoms with E-state index in [1.807, 2.05) is 11.6 Å². The summed E-state index contributed by atoms with van der Waals surface area (Å²) >= 11 is 0. The lowest BCUT2D eigenvalue weighted by atomic mass is 10.1. The monoisotopic (exact) mass is 783 g/mol. The van der Waals surface area contributed by atoms with Crippen LogP contribution >= 0.6 is 0 Å². The predicted molar refractivity (Wildman–Crippen MR) is 183 cm³/mol. The van der Waals surface area contributed by atoms with Crippen molar-refractivity contribution in [2.75, 3.05) is 13.2 Å². The van der Waals surface area contributed by atoms with Crippen LogP contribution in [0.2, 0.25) is 0 Å². The van der Waals surface area contributed by atoms with E-state index in [9.17, 15) is 46.0 Å². The van der Waals surface area contributed by atoms with Gasteiger partial charge in [-0.05, 0) is 62.7 Å². The minimum absolute atomic E-state index is 0.110. The van der Waals surface area contributed by atoms with Crippen molar-refractivity contribution in [2.24, 2.45) is 5.28 Å². The zero-order chi connectivity index (χ0) is 39.7. The number of amides is 3. The molecule has 3 heterocycles. The fourth-order valence-electron chi connectivity index (χ4n) is 5.71. The maximum atomic E-state index is 13.5. The van der Waals surface area contributed by atoms with Gasteiger partial charge in [-0.1, -0.05) is 42.0 Å². The van der Waals surface area contributed by atoms with Crippen molar-refractivity contribution in [3.63, 3.8) is 0 Å². The summed E-state index contributed by atoms with van der Waals surface area (Å²) in [5.74, 6) is -3.07. The van der Waals surface area contributed by atoms with Gasteiger partial charge in [0.25, 0.3) is 21.8 Å². The van der Waals surface area contributed by atoms with Crippen LogP contribution in [-0.4, -0.2) is 82.2 Å². The number of aromatic nitrogens is 2. The number of benzene rings is 3. The molecule has 2 aliphatic rings. The van der Waals surface area contributed by atoms with Crippen LogP contribution < -0.4 is 4.72 Å².